The van der Waals surface area contributed by atoms with Gasteiger partial charge in [-0.15, -0.1) is 0 Å². The van der Waals surface area contributed by atoms with Crippen LogP contribution in [-0.2, 0) is 21.0 Å². The lowest BCUT2D eigenvalue weighted by atomic mass is 9.87. The first-order valence-corrected chi connectivity index (χ1v) is 12.4. The number of carbonyl (C=O) groups is 1. The number of nitrogens with zero attached hydrogens (tertiary/aromatic N) is 1. The van der Waals surface area contributed by atoms with E-state index in [1.54, 1.807) is 6.92 Å². The standard InChI is InChI=1S/C23H27F4N3O3S/c1-2-30(34(32,33)20-11-9-19(24)10-12-20)15-21(31)29-22(17-4-3-13-28-14-17)16-5-7-18(8-6-16)23(25,26)27/h5-12,17,22,28H,2-4,13-15H2,1H3,(H,29,31). The van der Waals surface area contributed by atoms with Crippen LogP contribution in [0.4, 0.5) is 17.6 Å². The topological polar surface area (TPSA) is 78.5 Å². The fourth-order valence-electron chi connectivity index (χ4n) is 4.02. The van der Waals surface area contributed by atoms with E-state index in [4.69, 9.17) is 0 Å². The summed E-state index contributed by atoms with van der Waals surface area (Å²) in [6.45, 7) is 2.48. The molecule has 0 aromatic heterocycles. The Morgan fingerprint density at radius 1 is 1.15 bits per heavy atom. The predicted molar refractivity (Wildman–Crippen MR) is 119 cm³/mol. The van der Waals surface area contributed by atoms with Crippen LogP contribution in [0.25, 0.3) is 0 Å². The molecule has 1 saturated heterocycles. The van der Waals surface area contributed by atoms with Crippen molar-refractivity contribution in [2.45, 2.75) is 36.9 Å². The van der Waals surface area contributed by atoms with Crippen LogP contribution in [0, 0.1) is 11.7 Å². The summed E-state index contributed by atoms with van der Waals surface area (Å²) < 4.78 is 78.9. The third-order valence-corrected chi connectivity index (χ3v) is 7.78. The number of hydrogen-bond acceptors (Lipinski definition) is 4. The molecule has 11 heteroatoms. The van der Waals surface area contributed by atoms with Crippen LogP contribution in [0.3, 0.4) is 0 Å². The Kier molecular flexibility index (Phi) is 8.32. The lowest BCUT2D eigenvalue weighted by Crippen LogP contribution is -2.45. The zero-order chi connectivity index (χ0) is 24.9. The van der Waals surface area contributed by atoms with Crippen molar-refractivity contribution < 1.29 is 30.8 Å². The molecule has 34 heavy (non-hydrogen) atoms. The van der Waals surface area contributed by atoms with Gasteiger partial charge in [0.15, 0.2) is 0 Å². The summed E-state index contributed by atoms with van der Waals surface area (Å²) >= 11 is 0. The number of amides is 1. The van der Waals surface area contributed by atoms with Crippen LogP contribution < -0.4 is 10.6 Å². The van der Waals surface area contributed by atoms with Crippen LogP contribution in [0.1, 0.15) is 36.9 Å². The van der Waals surface area contributed by atoms with Gasteiger partial charge in [-0.1, -0.05) is 19.1 Å². The smallest absolute Gasteiger partial charge is 0.348 e. The van der Waals surface area contributed by atoms with Crippen LogP contribution in [0.2, 0.25) is 0 Å². The molecule has 2 N–H and O–H groups in total. The minimum absolute atomic E-state index is 0.00304. The van der Waals surface area contributed by atoms with Crippen molar-refractivity contribution in [2.24, 2.45) is 5.92 Å². The maximum atomic E-state index is 13.2. The Hall–Kier alpha value is -2.50. The highest BCUT2D eigenvalue weighted by atomic mass is 32.2. The fraction of sp³-hybridized carbons (Fsp3) is 0.435. The molecule has 2 aromatic rings. The van der Waals surface area contributed by atoms with Crippen molar-refractivity contribution in [3.63, 3.8) is 0 Å². The average molecular weight is 502 g/mol. The molecule has 2 aromatic carbocycles. The number of hydrogen-bond donors (Lipinski definition) is 2. The molecule has 0 bridgehead atoms. The van der Waals surface area contributed by atoms with E-state index in [9.17, 15) is 30.8 Å². The van der Waals surface area contributed by atoms with Gasteiger partial charge in [-0.25, -0.2) is 12.8 Å². The number of halogens is 4. The van der Waals surface area contributed by atoms with E-state index < -0.39 is 46.1 Å². The Balaban J connectivity index is 1.79. The second-order valence-electron chi connectivity index (χ2n) is 8.16. The number of rotatable bonds is 8. The number of carbonyl (C=O) groups excluding carboxylic acids is 1. The normalized spacial score (nSPS) is 18.0. The summed E-state index contributed by atoms with van der Waals surface area (Å²) in [6.07, 6.45) is -2.87. The van der Waals surface area contributed by atoms with Gasteiger partial charge in [0, 0.05) is 13.1 Å². The van der Waals surface area contributed by atoms with Gasteiger partial charge in [-0.05, 0) is 67.3 Å². The van der Waals surface area contributed by atoms with Gasteiger partial charge in [0.1, 0.15) is 5.82 Å². The number of sulfonamides is 1. The molecule has 186 valence electrons. The fourth-order valence-corrected chi connectivity index (χ4v) is 5.42. The Morgan fingerprint density at radius 3 is 2.32 bits per heavy atom. The molecule has 1 amide bonds. The minimum Gasteiger partial charge on any atom is -0.348 e. The number of nitrogens with one attached hydrogen (secondary N) is 2. The third-order valence-electron chi connectivity index (χ3n) is 5.84. The molecule has 3 rings (SSSR count). The van der Waals surface area contributed by atoms with Crippen LogP contribution >= 0.6 is 0 Å². The van der Waals surface area contributed by atoms with Crippen LogP contribution in [0.5, 0.6) is 0 Å². The van der Waals surface area contributed by atoms with E-state index in [-0.39, 0.29) is 17.4 Å². The largest absolute Gasteiger partial charge is 0.416 e. The molecule has 0 radical (unpaired) electrons. The van der Waals surface area contributed by atoms with E-state index in [1.165, 1.54) is 12.1 Å². The van der Waals surface area contributed by atoms with Crippen molar-refractivity contribution >= 4 is 15.9 Å². The Labute approximate surface area is 196 Å². The number of alkyl halides is 3. The highest BCUT2D eigenvalue weighted by molar-refractivity contribution is 7.89. The lowest BCUT2D eigenvalue weighted by molar-refractivity contribution is -0.137. The highest BCUT2D eigenvalue weighted by Crippen LogP contribution is 2.32. The molecular formula is C23H27F4N3O3S. The van der Waals surface area contributed by atoms with E-state index in [2.05, 4.69) is 10.6 Å². The van der Waals surface area contributed by atoms with Gasteiger partial charge in [0.2, 0.25) is 15.9 Å². The van der Waals surface area contributed by atoms with Gasteiger partial charge in [-0.2, -0.15) is 17.5 Å². The van der Waals surface area contributed by atoms with Gasteiger partial charge in [0.05, 0.1) is 23.0 Å². The molecule has 2 atom stereocenters. The third kappa shape index (κ3) is 6.34. The molecule has 6 nitrogen and oxygen atoms in total. The first-order chi connectivity index (χ1) is 16.0. The second kappa shape index (κ2) is 10.8. The Morgan fingerprint density at radius 2 is 1.79 bits per heavy atom. The summed E-state index contributed by atoms with van der Waals surface area (Å²) in [5.41, 5.74) is -0.273. The van der Waals surface area contributed by atoms with Gasteiger partial charge in [0.25, 0.3) is 0 Å². The second-order valence-corrected chi connectivity index (χ2v) is 10.1. The van der Waals surface area contributed by atoms with Gasteiger partial charge in [-0.3, -0.25) is 4.79 Å². The molecule has 1 aliphatic heterocycles. The SMILES string of the molecule is CCN(CC(=O)NC(c1ccc(C(F)(F)F)cc1)C1CCCNC1)S(=O)(=O)c1ccc(F)cc1. The van der Waals surface area contributed by atoms with Crippen molar-refractivity contribution in [3.05, 3.63) is 65.5 Å². The van der Waals surface area contributed by atoms with Gasteiger partial charge >= 0.3 is 6.18 Å². The zero-order valence-electron chi connectivity index (χ0n) is 18.6. The van der Waals surface area contributed by atoms with E-state index in [1.807, 2.05) is 0 Å². The van der Waals surface area contributed by atoms with Crippen LogP contribution in [0.15, 0.2) is 53.4 Å². The monoisotopic (exact) mass is 501 g/mol. The van der Waals surface area contributed by atoms with E-state index in [0.29, 0.717) is 12.1 Å². The first-order valence-electron chi connectivity index (χ1n) is 11.0. The molecule has 1 aliphatic rings. The number of likely N-dealkylation sites (N-methyl/N-ethyl adjacent to an activating group) is 1. The summed E-state index contributed by atoms with van der Waals surface area (Å²) in [7, 11) is -4.04. The molecule has 1 fully saturated rings. The average Bonchev–Trinajstić information content (AvgIpc) is 2.81. The zero-order valence-corrected chi connectivity index (χ0v) is 19.4. The number of benzene rings is 2. The Bertz CT molecular complexity index is 1070. The first kappa shape index (κ1) is 26.1. The highest BCUT2D eigenvalue weighted by Gasteiger charge is 2.32. The maximum absolute atomic E-state index is 13.2. The minimum atomic E-state index is -4.47. The summed E-state index contributed by atoms with van der Waals surface area (Å²) in [4.78, 5) is 12.8. The maximum Gasteiger partial charge on any atom is 0.416 e. The summed E-state index contributed by atoms with van der Waals surface area (Å²) in [6, 6.07) is 8.35. The van der Waals surface area contributed by atoms with Crippen molar-refractivity contribution in [2.75, 3.05) is 26.2 Å². The summed E-state index contributed by atoms with van der Waals surface area (Å²) in [5, 5.41) is 6.06. The predicted octanol–water partition coefficient (Wildman–Crippen LogP) is 3.71. The quantitative estimate of drug-likeness (QED) is 0.541. The molecule has 0 spiro atoms. The van der Waals surface area contributed by atoms with Crippen molar-refractivity contribution in [3.8, 4) is 0 Å². The molecular weight excluding hydrogens is 474 g/mol. The molecule has 2 unspecified atom stereocenters. The van der Waals surface area contributed by atoms with E-state index >= 15 is 0 Å². The lowest BCUT2D eigenvalue weighted by Gasteiger charge is -2.32. The van der Waals surface area contributed by atoms with E-state index in [0.717, 1.165) is 60.1 Å². The van der Waals surface area contributed by atoms with Crippen LogP contribution in [-0.4, -0.2) is 44.8 Å². The molecule has 0 saturated carbocycles. The number of piperidine rings is 1. The van der Waals surface area contributed by atoms with Crippen molar-refractivity contribution in [1.29, 1.82) is 0 Å². The molecule has 0 aliphatic carbocycles. The van der Waals surface area contributed by atoms with Gasteiger partial charge < -0.3 is 10.6 Å². The molecule has 1 heterocycles. The van der Waals surface area contributed by atoms with Crippen molar-refractivity contribution in [1.82, 2.24) is 14.9 Å². The summed E-state index contributed by atoms with van der Waals surface area (Å²) in [5.74, 6) is -1.23.